The molecule has 21 heavy (non-hydrogen) atoms. The molecule has 8 heteroatoms. The second kappa shape index (κ2) is 8.71. The minimum atomic E-state index is -1.19. The fourth-order valence-electron chi connectivity index (χ4n) is 1.48. The van der Waals surface area contributed by atoms with Crippen LogP contribution in [0.25, 0.3) is 0 Å². The maximum atomic E-state index is 11.6. The molecule has 0 aromatic heterocycles. The van der Waals surface area contributed by atoms with Crippen molar-refractivity contribution in [3.05, 3.63) is 28.2 Å². The van der Waals surface area contributed by atoms with Crippen LogP contribution in [0.5, 0.6) is 5.75 Å². The average molecular weight is 336 g/mol. The van der Waals surface area contributed by atoms with Crippen LogP contribution < -0.4 is 10.1 Å². The minimum Gasteiger partial charge on any atom is -0.493 e. The Morgan fingerprint density at radius 3 is 2.57 bits per heavy atom. The molecule has 1 atom stereocenters. The van der Waals surface area contributed by atoms with E-state index in [9.17, 15) is 9.59 Å². The number of carboxylic acids is 1. The van der Waals surface area contributed by atoms with Gasteiger partial charge in [-0.2, -0.15) is 0 Å². The van der Waals surface area contributed by atoms with Gasteiger partial charge in [0, 0.05) is 19.1 Å². The summed E-state index contributed by atoms with van der Waals surface area (Å²) in [6.07, 6.45) is -0.0653. The zero-order valence-corrected chi connectivity index (χ0v) is 12.5. The Morgan fingerprint density at radius 1 is 1.29 bits per heavy atom. The summed E-state index contributed by atoms with van der Waals surface area (Å²) in [7, 11) is 0. The number of nitrogens with one attached hydrogen (secondary N) is 1. The van der Waals surface area contributed by atoms with Gasteiger partial charge in [-0.1, -0.05) is 23.2 Å². The van der Waals surface area contributed by atoms with E-state index in [0.717, 1.165) is 0 Å². The summed E-state index contributed by atoms with van der Waals surface area (Å²) in [5, 5.41) is 20.6. The largest absolute Gasteiger partial charge is 0.493 e. The molecule has 0 aliphatic heterocycles. The van der Waals surface area contributed by atoms with E-state index in [1.807, 2.05) is 0 Å². The molecule has 6 nitrogen and oxygen atoms in total. The lowest BCUT2D eigenvalue weighted by Crippen LogP contribution is -2.41. The Bertz CT molecular complexity index is 509. The topological polar surface area (TPSA) is 95.9 Å². The first-order valence-electron chi connectivity index (χ1n) is 6.15. The highest BCUT2D eigenvalue weighted by Gasteiger charge is 2.18. The van der Waals surface area contributed by atoms with Gasteiger partial charge >= 0.3 is 5.97 Å². The summed E-state index contributed by atoms with van der Waals surface area (Å²) in [5.74, 6) is -1.21. The monoisotopic (exact) mass is 335 g/mol. The SMILES string of the molecule is O=C(CCOc1ccc(Cl)c(Cl)c1)N[C@H](CCO)C(=O)O. The van der Waals surface area contributed by atoms with Gasteiger partial charge in [-0.05, 0) is 12.1 Å². The number of amides is 1. The van der Waals surface area contributed by atoms with Crippen LogP contribution in [0, 0.1) is 0 Å². The number of ether oxygens (including phenoxy) is 1. The van der Waals surface area contributed by atoms with Crippen molar-refractivity contribution < 1.29 is 24.5 Å². The maximum Gasteiger partial charge on any atom is 0.326 e. The molecule has 0 unspecified atom stereocenters. The summed E-state index contributed by atoms with van der Waals surface area (Å²) < 4.78 is 5.31. The maximum absolute atomic E-state index is 11.6. The van der Waals surface area contributed by atoms with Gasteiger partial charge < -0.3 is 20.3 Å². The molecular weight excluding hydrogens is 321 g/mol. The lowest BCUT2D eigenvalue weighted by molar-refractivity contribution is -0.142. The molecule has 0 aliphatic carbocycles. The van der Waals surface area contributed by atoms with Crippen molar-refractivity contribution in [1.29, 1.82) is 0 Å². The molecular formula is C13H15Cl2NO5. The molecule has 0 spiro atoms. The Balaban J connectivity index is 2.39. The van der Waals surface area contributed by atoms with Gasteiger partial charge in [0.25, 0.3) is 0 Å². The number of carbonyl (C=O) groups excluding carboxylic acids is 1. The molecule has 1 aromatic carbocycles. The van der Waals surface area contributed by atoms with E-state index in [1.165, 1.54) is 6.07 Å². The van der Waals surface area contributed by atoms with Crippen molar-refractivity contribution in [1.82, 2.24) is 5.32 Å². The second-order valence-electron chi connectivity index (χ2n) is 4.14. The number of rotatable bonds is 8. The van der Waals surface area contributed by atoms with Crippen molar-refractivity contribution in [2.75, 3.05) is 13.2 Å². The van der Waals surface area contributed by atoms with Crippen molar-refractivity contribution in [3.8, 4) is 5.75 Å². The first-order valence-corrected chi connectivity index (χ1v) is 6.90. The normalized spacial score (nSPS) is 11.8. The second-order valence-corrected chi connectivity index (χ2v) is 4.96. The highest BCUT2D eigenvalue weighted by Crippen LogP contribution is 2.26. The number of hydrogen-bond acceptors (Lipinski definition) is 4. The molecule has 1 rings (SSSR count). The molecule has 0 bridgehead atoms. The quantitative estimate of drug-likeness (QED) is 0.672. The van der Waals surface area contributed by atoms with E-state index in [0.29, 0.717) is 15.8 Å². The molecule has 0 saturated heterocycles. The van der Waals surface area contributed by atoms with E-state index in [1.54, 1.807) is 12.1 Å². The Kier molecular flexibility index (Phi) is 7.28. The van der Waals surface area contributed by atoms with Crippen LogP contribution in [0.2, 0.25) is 10.0 Å². The summed E-state index contributed by atoms with van der Waals surface area (Å²) >= 11 is 11.6. The molecule has 0 fully saturated rings. The summed E-state index contributed by atoms with van der Waals surface area (Å²) in [4.78, 5) is 22.4. The zero-order valence-electron chi connectivity index (χ0n) is 11.0. The standard InChI is InChI=1S/C13H15Cl2NO5/c14-9-2-1-8(7-10(9)15)21-6-4-12(18)16-11(3-5-17)13(19)20/h1-2,7,11,17H,3-6H2,(H,16,18)(H,19,20)/t11-/m1/s1. The molecule has 0 radical (unpaired) electrons. The number of aliphatic hydroxyl groups excluding tert-OH is 1. The number of hydrogen-bond donors (Lipinski definition) is 3. The highest BCUT2D eigenvalue weighted by molar-refractivity contribution is 6.42. The van der Waals surface area contributed by atoms with Gasteiger partial charge in [-0.15, -0.1) is 0 Å². The van der Waals surface area contributed by atoms with E-state index in [-0.39, 0.29) is 26.1 Å². The lowest BCUT2D eigenvalue weighted by atomic mass is 10.2. The van der Waals surface area contributed by atoms with E-state index >= 15 is 0 Å². The predicted octanol–water partition coefficient (Wildman–Crippen LogP) is 1.71. The van der Waals surface area contributed by atoms with Crippen LogP contribution in [0.15, 0.2) is 18.2 Å². The van der Waals surface area contributed by atoms with Crippen molar-refractivity contribution in [2.24, 2.45) is 0 Å². The molecule has 116 valence electrons. The smallest absolute Gasteiger partial charge is 0.326 e. The van der Waals surface area contributed by atoms with Gasteiger partial charge in [0.05, 0.1) is 23.1 Å². The number of carboxylic acid groups (broad SMARTS) is 1. The van der Waals surface area contributed by atoms with Crippen molar-refractivity contribution >= 4 is 35.1 Å². The fourth-order valence-corrected chi connectivity index (χ4v) is 1.77. The molecule has 1 amide bonds. The first-order chi connectivity index (χ1) is 9.93. The van der Waals surface area contributed by atoms with Crippen LogP contribution in [0.3, 0.4) is 0 Å². The fraction of sp³-hybridized carbons (Fsp3) is 0.385. The highest BCUT2D eigenvalue weighted by atomic mass is 35.5. The van der Waals surface area contributed by atoms with Crippen LogP contribution >= 0.6 is 23.2 Å². The van der Waals surface area contributed by atoms with E-state index in [4.69, 9.17) is 38.2 Å². The van der Waals surface area contributed by atoms with Crippen LogP contribution in [0.1, 0.15) is 12.8 Å². The molecule has 0 saturated carbocycles. The zero-order chi connectivity index (χ0) is 15.8. The number of benzene rings is 1. The number of halogens is 2. The van der Waals surface area contributed by atoms with Crippen molar-refractivity contribution in [2.45, 2.75) is 18.9 Å². The molecule has 3 N–H and O–H groups in total. The Hall–Kier alpha value is -1.50. The Labute approximate surface area is 131 Å². The van der Waals surface area contributed by atoms with Crippen LogP contribution in [0.4, 0.5) is 0 Å². The van der Waals surface area contributed by atoms with Gasteiger partial charge in [0.2, 0.25) is 5.91 Å². The third-order valence-electron chi connectivity index (χ3n) is 2.54. The summed E-state index contributed by atoms with van der Waals surface area (Å²) in [6.45, 7) is -0.258. The third kappa shape index (κ3) is 6.20. The molecule has 0 aliphatic rings. The van der Waals surface area contributed by atoms with E-state index < -0.39 is 17.9 Å². The van der Waals surface area contributed by atoms with Gasteiger partial charge in [-0.3, -0.25) is 4.79 Å². The number of carbonyl (C=O) groups is 2. The summed E-state index contributed by atoms with van der Waals surface area (Å²) in [6, 6.07) is 3.60. The Morgan fingerprint density at radius 2 is 2.00 bits per heavy atom. The van der Waals surface area contributed by atoms with Gasteiger partial charge in [0.15, 0.2) is 0 Å². The van der Waals surface area contributed by atoms with E-state index in [2.05, 4.69) is 5.32 Å². The molecule has 1 aromatic rings. The average Bonchev–Trinajstić information content (AvgIpc) is 2.42. The summed E-state index contributed by atoms with van der Waals surface area (Å²) in [5.41, 5.74) is 0. The minimum absolute atomic E-state index is 0.0184. The van der Waals surface area contributed by atoms with Crippen molar-refractivity contribution in [3.63, 3.8) is 0 Å². The van der Waals surface area contributed by atoms with Crippen LogP contribution in [-0.4, -0.2) is 41.3 Å². The van der Waals surface area contributed by atoms with Crippen LogP contribution in [-0.2, 0) is 9.59 Å². The van der Waals surface area contributed by atoms with Gasteiger partial charge in [0.1, 0.15) is 11.8 Å². The lowest BCUT2D eigenvalue weighted by Gasteiger charge is -2.13. The number of aliphatic hydroxyl groups is 1. The van der Waals surface area contributed by atoms with Gasteiger partial charge in [-0.25, -0.2) is 4.79 Å². The molecule has 0 heterocycles. The number of aliphatic carboxylic acids is 1. The first kappa shape index (κ1) is 17.6. The predicted molar refractivity (Wildman–Crippen MR) is 77.8 cm³/mol. The third-order valence-corrected chi connectivity index (χ3v) is 3.28.